The third kappa shape index (κ3) is 5.24. The van der Waals surface area contributed by atoms with Gasteiger partial charge in [0.05, 0.1) is 6.61 Å². The van der Waals surface area contributed by atoms with E-state index < -0.39 is 6.04 Å². The van der Waals surface area contributed by atoms with Gasteiger partial charge >= 0.3 is 0 Å². The van der Waals surface area contributed by atoms with Crippen molar-refractivity contribution in [3.63, 3.8) is 0 Å². The van der Waals surface area contributed by atoms with E-state index in [-0.39, 0.29) is 12.5 Å². The topological polar surface area (TPSA) is 55.6 Å². The molecular weight excluding hydrogens is 240 g/mol. The lowest BCUT2D eigenvalue weighted by molar-refractivity contribution is -0.133. The third-order valence-electron chi connectivity index (χ3n) is 2.84. The predicted molar refractivity (Wildman–Crippen MR) is 76.8 cm³/mol. The summed E-state index contributed by atoms with van der Waals surface area (Å²) in [5.41, 5.74) is 6.98. The van der Waals surface area contributed by atoms with Crippen molar-refractivity contribution < 1.29 is 9.53 Å². The van der Waals surface area contributed by atoms with Crippen molar-refractivity contribution in [1.82, 2.24) is 4.90 Å². The Kier molecular flexibility index (Phi) is 6.85. The van der Waals surface area contributed by atoms with Crippen LogP contribution in [0.25, 0.3) is 0 Å². The Labute approximate surface area is 114 Å². The molecule has 1 amide bonds. The first-order chi connectivity index (χ1) is 9.19. The fourth-order valence-electron chi connectivity index (χ4n) is 1.84. The van der Waals surface area contributed by atoms with Crippen molar-refractivity contribution in [1.29, 1.82) is 0 Å². The third-order valence-corrected chi connectivity index (χ3v) is 2.84. The molecule has 19 heavy (non-hydrogen) atoms. The molecule has 0 bridgehead atoms. The normalized spacial score (nSPS) is 11.9. The zero-order valence-corrected chi connectivity index (χ0v) is 11.4. The maximum Gasteiger partial charge on any atom is 0.242 e. The van der Waals surface area contributed by atoms with Crippen molar-refractivity contribution in [3.8, 4) is 0 Å². The van der Waals surface area contributed by atoms with Gasteiger partial charge in [0.2, 0.25) is 5.91 Å². The molecule has 1 aromatic carbocycles. The molecule has 1 rings (SSSR count). The van der Waals surface area contributed by atoms with Gasteiger partial charge in [0.15, 0.2) is 0 Å². The number of carbonyl (C=O) groups is 1. The van der Waals surface area contributed by atoms with Crippen LogP contribution in [0.2, 0.25) is 0 Å². The summed E-state index contributed by atoms with van der Waals surface area (Å²) in [4.78, 5) is 13.8. The lowest BCUT2D eigenvalue weighted by Gasteiger charge is -2.24. The van der Waals surface area contributed by atoms with Crippen molar-refractivity contribution in [2.45, 2.75) is 12.5 Å². The van der Waals surface area contributed by atoms with E-state index in [0.29, 0.717) is 13.1 Å². The summed E-state index contributed by atoms with van der Waals surface area (Å²) in [6.45, 7) is 5.05. The highest BCUT2D eigenvalue weighted by Crippen LogP contribution is 2.03. The maximum absolute atomic E-state index is 12.1. The molecule has 0 spiro atoms. The van der Waals surface area contributed by atoms with Gasteiger partial charge in [-0.15, -0.1) is 6.58 Å². The molecule has 4 nitrogen and oxygen atoms in total. The average molecular weight is 262 g/mol. The molecule has 0 saturated carbocycles. The van der Waals surface area contributed by atoms with E-state index in [0.717, 1.165) is 6.42 Å². The number of rotatable bonds is 8. The number of methoxy groups -OCH3 is 1. The first-order valence-electron chi connectivity index (χ1n) is 6.37. The molecule has 2 N–H and O–H groups in total. The van der Waals surface area contributed by atoms with Gasteiger partial charge in [-0.05, 0) is 12.0 Å². The Morgan fingerprint density at radius 2 is 2.16 bits per heavy atom. The minimum atomic E-state index is -0.610. The van der Waals surface area contributed by atoms with Gasteiger partial charge in [-0.25, -0.2) is 0 Å². The van der Waals surface area contributed by atoms with E-state index in [1.54, 1.807) is 11.0 Å². The summed E-state index contributed by atoms with van der Waals surface area (Å²) in [5, 5.41) is 0. The van der Waals surface area contributed by atoms with E-state index in [1.807, 2.05) is 30.3 Å². The van der Waals surface area contributed by atoms with Crippen LogP contribution >= 0.6 is 0 Å². The Morgan fingerprint density at radius 3 is 2.74 bits per heavy atom. The van der Waals surface area contributed by atoms with Crippen molar-refractivity contribution >= 4 is 5.91 Å². The second-order valence-corrected chi connectivity index (χ2v) is 4.37. The van der Waals surface area contributed by atoms with Gasteiger partial charge < -0.3 is 15.4 Å². The van der Waals surface area contributed by atoms with Crippen molar-refractivity contribution in [2.75, 3.05) is 26.8 Å². The van der Waals surface area contributed by atoms with Crippen LogP contribution in [0.4, 0.5) is 0 Å². The zero-order valence-electron chi connectivity index (χ0n) is 11.4. The van der Waals surface area contributed by atoms with Gasteiger partial charge in [-0.3, -0.25) is 4.79 Å². The molecule has 0 aromatic heterocycles. The lowest BCUT2D eigenvalue weighted by atomic mass is 10.1. The Balaban J connectivity index is 2.57. The van der Waals surface area contributed by atoms with Crippen LogP contribution in [0.15, 0.2) is 43.0 Å². The minimum absolute atomic E-state index is 0.0994. The number of nitrogens with two attached hydrogens (primary N) is 1. The smallest absolute Gasteiger partial charge is 0.242 e. The van der Waals surface area contributed by atoms with Crippen LogP contribution in [-0.4, -0.2) is 43.7 Å². The molecule has 0 radical (unpaired) electrons. The molecule has 1 aromatic rings. The van der Waals surface area contributed by atoms with Crippen LogP contribution < -0.4 is 5.73 Å². The Hall–Kier alpha value is -1.65. The first-order valence-corrected chi connectivity index (χ1v) is 6.37. The van der Waals surface area contributed by atoms with Gasteiger partial charge in [0, 0.05) is 20.2 Å². The first kappa shape index (κ1) is 15.4. The lowest BCUT2D eigenvalue weighted by Crippen LogP contribution is -2.46. The van der Waals surface area contributed by atoms with Crippen LogP contribution in [-0.2, 0) is 16.0 Å². The van der Waals surface area contributed by atoms with Crippen LogP contribution in [0.3, 0.4) is 0 Å². The minimum Gasteiger partial charge on any atom is -0.383 e. The second-order valence-electron chi connectivity index (χ2n) is 4.37. The van der Waals surface area contributed by atoms with E-state index in [1.165, 1.54) is 12.7 Å². The quantitative estimate of drug-likeness (QED) is 0.717. The number of amides is 1. The second kappa shape index (κ2) is 8.45. The van der Waals surface area contributed by atoms with Gasteiger partial charge in [-0.1, -0.05) is 36.4 Å². The van der Waals surface area contributed by atoms with E-state index in [4.69, 9.17) is 10.5 Å². The van der Waals surface area contributed by atoms with E-state index >= 15 is 0 Å². The summed E-state index contributed by atoms with van der Waals surface area (Å²) < 4.78 is 4.92. The van der Waals surface area contributed by atoms with Crippen molar-refractivity contribution in [3.05, 3.63) is 48.6 Å². The summed E-state index contributed by atoms with van der Waals surface area (Å²) in [6, 6.07) is 9.44. The Morgan fingerprint density at radius 1 is 1.47 bits per heavy atom. The fourth-order valence-corrected chi connectivity index (χ4v) is 1.84. The van der Waals surface area contributed by atoms with Gasteiger partial charge in [0.1, 0.15) is 6.04 Å². The van der Waals surface area contributed by atoms with E-state index in [9.17, 15) is 4.79 Å². The summed E-state index contributed by atoms with van der Waals surface area (Å²) in [7, 11) is 1.54. The van der Waals surface area contributed by atoms with E-state index in [2.05, 4.69) is 6.58 Å². The van der Waals surface area contributed by atoms with Crippen LogP contribution in [0, 0.1) is 0 Å². The Bertz CT molecular complexity index is 392. The largest absolute Gasteiger partial charge is 0.383 e. The molecular formula is C15H22N2O2. The molecule has 1 atom stereocenters. The number of nitrogens with zero attached hydrogens (tertiary/aromatic N) is 1. The molecule has 0 saturated heterocycles. The number of benzene rings is 1. The summed E-state index contributed by atoms with van der Waals surface area (Å²) >= 11 is 0. The fraction of sp³-hybridized carbons (Fsp3) is 0.400. The van der Waals surface area contributed by atoms with Gasteiger partial charge in [0.25, 0.3) is 0 Å². The average Bonchev–Trinajstić information content (AvgIpc) is 2.44. The highest BCUT2D eigenvalue weighted by atomic mass is 16.5. The number of hydrogen-bond donors (Lipinski definition) is 1. The predicted octanol–water partition coefficient (Wildman–Crippen LogP) is 1.22. The molecule has 0 heterocycles. The molecule has 104 valence electrons. The molecule has 1 unspecified atom stereocenters. The zero-order chi connectivity index (χ0) is 14.1. The molecule has 0 aliphatic carbocycles. The molecule has 0 fully saturated rings. The van der Waals surface area contributed by atoms with Crippen LogP contribution in [0.1, 0.15) is 5.56 Å². The highest BCUT2D eigenvalue weighted by molar-refractivity contribution is 5.82. The van der Waals surface area contributed by atoms with Crippen molar-refractivity contribution in [2.24, 2.45) is 5.73 Å². The van der Waals surface area contributed by atoms with Crippen LogP contribution in [0.5, 0.6) is 0 Å². The summed E-state index contributed by atoms with van der Waals surface area (Å²) in [5.74, 6) is -0.0994. The number of hydrogen-bond acceptors (Lipinski definition) is 3. The van der Waals surface area contributed by atoms with Gasteiger partial charge in [-0.2, -0.15) is 0 Å². The number of carbonyl (C=O) groups excluding carboxylic acids is 1. The number of ether oxygens (including phenoxy) is 1. The highest BCUT2D eigenvalue weighted by Gasteiger charge is 2.19. The molecule has 0 aliphatic rings. The standard InChI is InChI=1S/C15H22N2O2/c1-3-10-17(15(18)14(16)12-19-2)11-9-13-7-5-4-6-8-13/h3-8,14H,1,9-12,16H2,2H3. The SMILES string of the molecule is C=CCN(CCc1ccccc1)C(=O)C(N)COC. The maximum atomic E-state index is 12.1. The monoisotopic (exact) mass is 262 g/mol. The molecule has 0 aliphatic heterocycles. The molecule has 4 heteroatoms. The summed E-state index contributed by atoms with van der Waals surface area (Å²) in [6.07, 6.45) is 2.52.